The monoisotopic (exact) mass is 214 g/mol. The van der Waals surface area contributed by atoms with Crippen LogP contribution in [0.2, 0.25) is 0 Å². The van der Waals surface area contributed by atoms with E-state index in [0.29, 0.717) is 19.3 Å². The number of carbonyl (C=O) groups excluding carboxylic acids is 1. The first-order valence-corrected chi connectivity index (χ1v) is 5.32. The van der Waals surface area contributed by atoms with Crippen molar-refractivity contribution < 1.29 is 14.7 Å². The standard InChI is InChI=1S/C10H18N2O3/c1-2-4-7(8(13)14)12-9(15)10(11)5-3-6-10/h7H,2-6,11H2,1H3,(H,12,15)(H,13,14). The van der Waals surface area contributed by atoms with Gasteiger partial charge >= 0.3 is 5.97 Å². The number of aliphatic carboxylic acids is 1. The van der Waals surface area contributed by atoms with Crippen LogP contribution in [-0.4, -0.2) is 28.6 Å². The molecule has 1 unspecified atom stereocenters. The summed E-state index contributed by atoms with van der Waals surface area (Å²) in [6.45, 7) is 1.88. The maximum absolute atomic E-state index is 11.6. The number of amides is 1. The fourth-order valence-electron chi connectivity index (χ4n) is 1.63. The van der Waals surface area contributed by atoms with Gasteiger partial charge in [-0.1, -0.05) is 13.3 Å². The fourth-order valence-corrected chi connectivity index (χ4v) is 1.63. The highest BCUT2D eigenvalue weighted by atomic mass is 16.4. The normalized spacial score (nSPS) is 20.1. The molecule has 4 N–H and O–H groups in total. The van der Waals surface area contributed by atoms with Gasteiger partial charge < -0.3 is 16.2 Å². The molecule has 0 radical (unpaired) electrons. The fraction of sp³-hybridized carbons (Fsp3) is 0.800. The molecule has 1 aliphatic rings. The zero-order valence-electron chi connectivity index (χ0n) is 8.95. The van der Waals surface area contributed by atoms with Crippen molar-refractivity contribution in [2.75, 3.05) is 0 Å². The van der Waals surface area contributed by atoms with E-state index in [4.69, 9.17) is 10.8 Å². The van der Waals surface area contributed by atoms with Crippen LogP contribution in [-0.2, 0) is 9.59 Å². The Balaban J connectivity index is 2.50. The quantitative estimate of drug-likeness (QED) is 0.611. The molecule has 15 heavy (non-hydrogen) atoms. The van der Waals surface area contributed by atoms with Crippen LogP contribution in [0.4, 0.5) is 0 Å². The molecule has 0 spiro atoms. The first-order chi connectivity index (χ1) is 6.99. The summed E-state index contributed by atoms with van der Waals surface area (Å²) in [5.74, 6) is -1.32. The summed E-state index contributed by atoms with van der Waals surface area (Å²) in [5, 5.41) is 11.4. The van der Waals surface area contributed by atoms with Crippen LogP contribution in [0.15, 0.2) is 0 Å². The van der Waals surface area contributed by atoms with Crippen LogP contribution in [0.3, 0.4) is 0 Å². The minimum absolute atomic E-state index is 0.324. The smallest absolute Gasteiger partial charge is 0.326 e. The number of carbonyl (C=O) groups is 2. The third-order valence-electron chi connectivity index (χ3n) is 2.88. The summed E-state index contributed by atoms with van der Waals surface area (Å²) in [5.41, 5.74) is 4.97. The zero-order valence-corrected chi connectivity index (χ0v) is 8.95. The number of rotatable bonds is 5. The number of carboxylic acids is 1. The minimum atomic E-state index is -0.992. The molecule has 5 heteroatoms. The highest BCUT2D eigenvalue weighted by Crippen LogP contribution is 2.29. The van der Waals surface area contributed by atoms with Crippen molar-refractivity contribution in [1.29, 1.82) is 0 Å². The van der Waals surface area contributed by atoms with E-state index in [9.17, 15) is 9.59 Å². The lowest BCUT2D eigenvalue weighted by Gasteiger charge is -2.37. The van der Waals surface area contributed by atoms with Crippen molar-refractivity contribution in [3.63, 3.8) is 0 Å². The Morgan fingerprint density at radius 3 is 2.47 bits per heavy atom. The van der Waals surface area contributed by atoms with E-state index < -0.39 is 17.6 Å². The van der Waals surface area contributed by atoms with Crippen LogP contribution in [0, 0.1) is 0 Å². The lowest BCUT2D eigenvalue weighted by atomic mass is 9.77. The van der Waals surface area contributed by atoms with E-state index in [0.717, 1.165) is 12.8 Å². The summed E-state index contributed by atoms with van der Waals surface area (Å²) in [4.78, 5) is 22.4. The molecule has 0 aliphatic heterocycles. The molecule has 1 aliphatic carbocycles. The zero-order chi connectivity index (χ0) is 11.5. The third kappa shape index (κ3) is 2.68. The molecule has 0 aromatic rings. The Morgan fingerprint density at radius 1 is 1.53 bits per heavy atom. The van der Waals surface area contributed by atoms with Crippen molar-refractivity contribution in [3.05, 3.63) is 0 Å². The van der Waals surface area contributed by atoms with Gasteiger partial charge in [0.2, 0.25) is 5.91 Å². The summed E-state index contributed by atoms with van der Waals surface area (Å²) in [6.07, 6.45) is 3.40. The molecule has 1 rings (SSSR count). The van der Waals surface area contributed by atoms with Gasteiger partial charge in [0.15, 0.2) is 0 Å². The predicted octanol–water partition coefficient (Wildman–Crippen LogP) is 0.237. The average Bonchev–Trinajstić information content (AvgIpc) is 2.13. The van der Waals surface area contributed by atoms with E-state index >= 15 is 0 Å². The van der Waals surface area contributed by atoms with E-state index in [1.54, 1.807) is 0 Å². The number of nitrogens with one attached hydrogen (secondary N) is 1. The van der Waals surface area contributed by atoms with Gasteiger partial charge in [0.25, 0.3) is 0 Å². The first-order valence-electron chi connectivity index (χ1n) is 5.32. The molecule has 1 fully saturated rings. The topological polar surface area (TPSA) is 92.4 Å². The highest BCUT2D eigenvalue weighted by molar-refractivity contribution is 5.90. The van der Waals surface area contributed by atoms with E-state index in [-0.39, 0.29) is 5.91 Å². The Labute approximate surface area is 89.0 Å². The van der Waals surface area contributed by atoms with Crippen molar-refractivity contribution in [2.24, 2.45) is 5.73 Å². The summed E-state index contributed by atoms with van der Waals surface area (Å²) >= 11 is 0. The average molecular weight is 214 g/mol. The van der Waals surface area contributed by atoms with Crippen molar-refractivity contribution >= 4 is 11.9 Å². The second kappa shape index (κ2) is 4.61. The maximum atomic E-state index is 11.6. The molecular formula is C10H18N2O3. The van der Waals surface area contributed by atoms with Crippen LogP contribution >= 0.6 is 0 Å². The molecule has 0 heterocycles. The first kappa shape index (κ1) is 12.0. The highest BCUT2D eigenvalue weighted by Gasteiger charge is 2.41. The summed E-state index contributed by atoms with van der Waals surface area (Å²) in [7, 11) is 0. The lowest BCUT2D eigenvalue weighted by molar-refractivity contribution is -0.143. The molecular weight excluding hydrogens is 196 g/mol. The Morgan fingerprint density at radius 2 is 2.13 bits per heavy atom. The second-order valence-electron chi connectivity index (χ2n) is 4.16. The number of hydrogen-bond donors (Lipinski definition) is 3. The SMILES string of the molecule is CCCC(NC(=O)C1(N)CCC1)C(=O)O. The molecule has 1 amide bonds. The summed E-state index contributed by atoms with van der Waals surface area (Å²) in [6, 6.07) is -0.802. The van der Waals surface area contributed by atoms with Gasteiger partial charge in [0, 0.05) is 0 Å². The van der Waals surface area contributed by atoms with E-state index in [1.165, 1.54) is 0 Å². The molecule has 86 valence electrons. The third-order valence-corrected chi connectivity index (χ3v) is 2.88. The van der Waals surface area contributed by atoms with Gasteiger partial charge in [-0.05, 0) is 25.7 Å². The molecule has 5 nitrogen and oxygen atoms in total. The van der Waals surface area contributed by atoms with Gasteiger partial charge in [-0.15, -0.1) is 0 Å². The van der Waals surface area contributed by atoms with Gasteiger partial charge in [-0.2, -0.15) is 0 Å². The van der Waals surface area contributed by atoms with Crippen molar-refractivity contribution in [1.82, 2.24) is 5.32 Å². The lowest BCUT2D eigenvalue weighted by Crippen LogP contribution is -2.61. The van der Waals surface area contributed by atoms with Crippen LogP contribution < -0.4 is 11.1 Å². The largest absolute Gasteiger partial charge is 0.480 e. The maximum Gasteiger partial charge on any atom is 0.326 e. The van der Waals surface area contributed by atoms with Crippen molar-refractivity contribution in [3.8, 4) is 0 Å². The molecule has 0 bridgehead atoms. The summed E-state index contributed by atoms with van der Waals surface area (Å²) < 4.78 is 0. The number of hydrogen-bond acceptors (Lipinski definition) is 3. The van der Waals surface area contributed by atoms with Crippen LogP contribution in [0.1, 0.15) is 39.0 Å². The predicted molar refractivity (Wildman–Crippen MR) is 55.2 cm³/mol. The van der Waals surface area contributed by atoms with Gasteiger partial charge in [-0.3, -0.25) is 4.79 Å². The van der Waals surface area contributed by atoms with Gasteiger partial charge in [0.05, 0.1) is 5.54 Å². The van der Waals surface area contributed by atoms with E-state index in [2.05, 4.69) is 5.32 Å². The molecule has 0 saturated heterocycles. The van der Waals surface area contributed by atoms with Gasteiger partial charge in [-0.25, -0.2) is 4.79 Å². The van der Waals surface area contributed by atoms with Crippen LogP contribution in [0.5, 0.6) is 0 Å². The minimum Gasteiger partial charge on any atom is -0.480 e. The van der Waals surface area contributed by atoms with Gasteiger partial charge in [0.1, 0.15) is 6.04 Å². The second-order valence-corrected chi connectivity index (χ2v) is 4.16. The van der Waals surface area contributed by atoms with Crippen molar-refractivity contribution in [2.45, 2.75) is 50.6 Å². The molecule has 1 atom stereocenters. The Bertz CT molecular complexity index is 261. The molecule has 0 aromatic heterocycles. The number of nitrogens with two attached hydrogens (primary N) is 1. The molecule has 0 aromatic carbocycles. The molecule has 1 saturated carbocycles. The number of carboxylic acid groups (broad SMARTS) is 1. The Kier molecular flexibility index (Phi) is 3.68. The Hall–Kier alpha value is -1.10. The van der Waals surface area contributed by atoms with Crippen LogP contribution in [0.25, 0.3) is 0 Å². The van der Waals surface area contributed by atoms with E-state index in [1.807, 2.05) is 6.92 Å².